The van der Waals surface area contributed by atoms with Gasteiger partial charge in [-0.2, -0.15) is 0 Å². The molecule has 0 atom stereocenters. The Morgan fingerprint density at radius 3 is 2.24 bits per heavy atom. The molecule has 0 unspecified atom stereocenters. The van der Waals surface area contributed by atoms with Crippen LogP contribution in [0, 0.1) is 0 Å². The number of rotatable bonds is 10. The van der Waals surface area contributed by atoms with Crippen LogP contribution in [0.2, 0.25) is 10.0 Å². The minimum absolute atomic E-state index is 0.0698. The maximum Gasteiger partial charge on any atom is 0.341 e. The Hall–Kier alpha value is -4.25. The highest BCUT2D eigenvalue weighted by Crippen LogP contribution is 2.38. The molecule has 5 aromatic rings. The average molecular weight is 620 g/mol. The number of halogens is 2. The van der Waals surface area contributed by atoms with Crippen LogP contribution < -0.4 is 5.32 Å². The molecule has 5 rings (SSSR count). The third-order valence-corrected chi connectivity index (χ3v) is 7.36. The molecular formula is C30H24Cl2N6O3S. The van der Waals surface area contributed by atoms with Crippen LogP contribution >= 0.6 is 35.0 Å². The number of carbonyl (C=O) groups excluding carboxylic acids is 2. The number of hydrogen-bond acceptors (Lipinski definition) is 8. The predicted octanol–water partition coefficient (Wildman–Crippen LogP) is 6.82. The van der Waals surface area contributed by atoms with Gasteiger partial charge in [0.05, 0.1) is 12.3 Å². The lowest BCUT2D eigenvalue weighted by Crippen LogP contribution is -2.19. The van der Waals surface area contributed by atoms with Gasteiger partial charge in [0.15, 0.2) is 0 Å². The Morgan fingerprint density at radius 1 is 0.905 bits per heavy atom. The first-order chi connectivity index (χ1) is 20.4. The Bertz CT molecular complexity index is 1700. The van der Waals surface area contributed by atoms with Crippen LogP contribution in [0.1, 0.15) is 23.0 Å². The van der Waals surface area contributed by atoms with Crippen molar-refractivity contribution in [3.8, 4) is 22.4 Å². The number of aromatic nitrogens is 5. The molecule has 0 aliphatic carbocycles. The first kappa shape index (κ1) is 29.2. The Labute approximate surface area is 256 Å². The molecular weight excluding hydrogens is 595 g/mol. The molecule has 2 heterocycles. The molecule has 0 bridgehead atoms. The summed E-state index contributed by atoms with van der Waals surface area (Å²) in [6, 6.07) is 23.9. The van der Waals surface area contributed by atoms with E-state index in [4.69, 9.17) is 27.9 Å². The zero-order valence-corrected chi connectivity index (χ0v) is 24.7. The van der Waals surface area contributed by atoms with Crippen molar-refractivity contribution >= 4 is 52.5 Å². The number of anilines is 1. The first-order valence-electron chi connectivity index (χ1n) is 12.9. The molecule has 9 nitrogen and oxygen atoms in total. The maximum atomic E-state index is 13.4. The van der Waals surface area contributed by atoms with Gasteiger partial charge < -0.3 is 10.1 Å². The van der Waals surface area contributed by atoms with Gasteiger partial charge in [0.2, 0.25) is 5.91 Å². The number of thioether (sulfide) groups is 1. The Morgan fingerprint density at radius 2 is 1.57 bits per heavy atom. The summed E-state index contributed by atoms with van der Waals surface area (Å²) in [5.41, 5.74) is 4.25. The molecule has 0 aliphatic heterocycles. The van der Waals surface area contributed by atoms with Gasteiger partial charge in [0.1, 0.15) is 22.8 Å². The van der Waals surface area contributed by atoms with Crippen molar-refractivity contribution in [2.24, 2.45) is 0 Å². The van der Waals surface area contributed by atoms with Crippen LogP contribution in [0.3, 0.4) is 0 Å². The second-order valence-electron chi connectivity index (χ2n) is 8.96. The number of carbonyl (C=O) groups is 2. The lowest BCUT2D eigenvalue weighted by molar-refractivity contribution is -0.116. The highest BCUT2D eigenvalue weighted by Gasteiger charge is 2.26. The SMILES string of the molecule is CCOC(=O)c1c(SCc2cn(CC(=O)Nc3cc(Cl)cc(Cl)c3)nn2)nnc(-c2ccccc2)c1-c1ccccc1. The molecule has 1 amide bonds. The highest BCUT2D eigenvalue weighted by molar-refractivity contribution is 7.98. The molecule has 42 heavy (non-hydrogen) atoms. The summed E-state index contributed by atoms with van der Waals surface area (Å²) < 4.78 is 6.89. The van der Waals surface area contributed by atoms with Gasteiger partial charge in [-0.15, -0.1) is 15.3 Å². The van der Waals surface area contributed by atoms with Gasteiger partial charge in [0.25, 0.3) is 0 Å². The van der Waals surface area contributed by atoms with Crippen LogP contribution in [0.15, 0.2) is 90.1 Å². The van der Waals surface area contributed by atoms with Gasteiger partial charge in [-0.25, -0.2) is 9.48 Å². The molecule has 212 valence electrons. The number of ether oxygens (including phenoxy) is 1. The maximum absolute atomic E-state index is 13.4. The third kappa shape index (κ3) is 7.14. The van der Waals surface area contributed by atoms with Gasteiger partial charge in [-0.3, -0.25) is 4.79 Å². The quantitative estimate of drug-likeness (QED) is 0.134. The summed E-state index contributed by atoms with van der Waals surface area (Å²) in [6.45, 7) is 1.90. The average Bonchev–Trinajstić information content (AvgIpc) is 3.43. The van der Waals surface area contributed by atoms with Crippen molar-refractivity contribution in [2.75, 3.05) is 11.9 Å². The predicted molar refractivity (Wildman–Crippen MR) is 164 cm³/mol. The Kier molecular flexibility index (Phi) is 9.48. The van der Waals surface area contributed by atoms with Crippen molar-refractivity contribution in [2.45, 2.75) is 24.2 Å². The second kappa shape index (κ2) is 13.6. The molecule has 0 fully saturated rings. The number of nitrogens with one attached hydrogen (secondary N) is 1. The van der Waals surface area contributed by atoms with E-state index in [0.29, 0.717) is 49.0 Å². The minimum atomic E-state index is -0.493. The van der Waals surface area contributed by atoms with Gasteiger partial charge in [0, 0.05) is 38.8 Å². The number of hydrogen-bond donors (Lipinski definition) is 1. The fourth-order valence-corrected chi connectivity index (χ4v) is 5.57. The van der Waals surface area contributed by atoms with E-state index < -0.39 is 5.97 Å². The lowest BCUT2D eigenvalue weighted by atomic mass is 9.96. The molecule has 1 N–H and O–H groups in total. The second-order valence-corrected chi connectivity index (χ2v) is 10.8. The van der Waals surface area contributed by atoms with E-state index in [-0.39, 0.29) is 19.1 Å². The molecule has 2 aromatic heterocycles. The van der Waals surface area contributed by atoms with Gasteiger partial charge >= 0.3 is 5.97 Å². The summed E-state index contributed by atoms with van der Waals surface area (Å²) in [6.07, 6.45) is 1.66. The van der Waals surface area contributed by atoms with E-state index >= 15 is 0 Å². The van der Waals surface area contributed by atoms with Gasteiger partial charge in [-0.1, -0.05) is 101 Å². The van der Waals surface area contributed by atoms with Crippen molar-refractivity contribution in [1.82, 2.24) is 25.2 Å². The number of esters is 1. The van der Waals surface area contributed by atoms with Crippen molar-refractivity contribution in [3.63, 3.8) is 0 Å². The smallest absolute Gasteiger partial charge is 0.341 e. The van der Waals surface area contributed by atoms with E-state index in [9.17, 15) is 9.59 Å². The van der Waals surface area contributed by atoms with Crippen LogP contribution in [0.25, 0.3) is 22.4 Å². The summed E-state index contributed by atoms with van der Waals surface area (Å²) in [5.74, 6) is -0.491. The normalized spacial score (nSPS) is 10.8. The van der Waals surface area contributed by atoms with E-state index in [1.807, 2.05) is 60.7 Å². The minimum Gasteiger partial charge on any atom is -0.462 e. The van der Waals surface area contributed by atoms with E-state index in [1.165, 1.54) is 16.4 Å². The molecule has 0 radical (unpaired) electrons. The molecule has 0 aliphatic rings. The fraction of sp³-hybridized carbons (Fsp3) is 0.133. The zero-order chi connectivity index (χ0) is 29.5. The first-order valence-corrected chi connectivity index (χ1v) is 14.6. The Balaban J connectivity index is 1.40. The topological polar surface area (TPSA) is 112 Å². The third-order valence-electron chi connectivity index (χ3n) is 5.93. The van der Waals surface area contributed by atoms with Crippen molar-refractivity contribution < 1.29 is 14.3 Å². The molecule has 12 heteroatoms. The summed E-state index contributed by atoms with van der Waals surface area (Å²) >= 11 is 13.3. The number of nitrogens with zero attached hydrogens (tertiary/aromatic N) is 5. The van der Waals surface area contributed by atoms with Crippen LogP contribution in [-0.4, -0.2) is 43.7 Å². The molecule has 3 aromatic carbocycles. The van der Waals surface area contributed by atoms with Crippen molar-refractivity contribution in [3.05, 3.63) is 106 Å². The highest BCUT2D eigenvalue weighted by atomic mass is 35.5. The number of amides is 1. The standard InChI is InChI=1S/C30H24Cl2N6O3S/c1-2-41-30(40)27-26(19-9-5-3-6-10-19)28(20-11-7-4-8-12-20)35-36-29(27)42-18-24-16-38(37-34-24)17-25(39)33-23-14-21(31)13-22(32)15-23/h3-16H,2,17-18H2,1H3,(H,33,39). The van der Waals surface area contributed by atoms with E-state index in [2.05, 4.69) is 25.8 Å². The lowest BCUT2D eigenvalue weighted by Gasteiger charge is -2.16. The van der Waals surface area contributed by atoms with Crippen LogP contribution in [0.5, 0.6) is 0 Å². The molecule has 0 spiro atoms. The fourth-order valence-electron chi connectivity index (χ4n) is 4.20. The van der Waals surface area contributed by atoms with E-state index in [1.54, 1.807) is 31.3 Å². The summed E-state index contributed by atoms with van der Waals surface area (Å²) in [4.78, 5) is 25.9. The monoisotopic (exact) mass is 618 g/mol. The molecule has 0 saturated carbocycles. The number of benzene rings is 3. The van der Waals surface area contributed by atoms with Crippen LogP contribution in [0.4, 0.5) is 5.69 Å². The summed E-state index contributed by atoms with van der Waals surface area (Å²) in [7, 11) is 0. The van der Waals surface area contributed by atoms with E-state index in [0.717, 1.165) is 11.1 Å². The largest absolute Gasteiger partial charge is 0.462 e. The molecule has 0 saturated heterocycles. The van der Waals surface area contributed by atoms with Gasteiger partial charge in [-0.05, 0) is 30.7 Å². The van der Waals surface area contributed by atoms with Crippen molar-refractivity contribution in [1.29, 1.82) is 0 Å². The van der Waals surface area contributed by atoms with Crippen LogP contribution in [-0.2, 0) is 21.8 Å². The zero-order valence-electron chi connectivity index (χ0n) is 22.3. The summed E-state index contributed by atoms with van der Waals surface area (Å²) in [5, 5.41) is 21.2.